The second-order valence-electron chi connectivity index (χ2n) is 6.43. The predicted molar refractivity (Wildman–Crippen MR) is 92.1 cm³/mol. The molecule has 0 bridgehead atoms. The monoisotopic (exact) mass is 307 g/mol. The smallest absolute Gasteiger partial charge is 0.0613 e. The molecule has 3 heteroatoms. The van der Waals surface area contributed by atoms with Gasteiger partial charge >= 0.3 is 0 Å². The van der Waals surface area contributed by atoms with E-state index in [1.54, 1.807) is 0 Å². The maximum absolute atomic E-state index is 9.77. The molecule has 0 aliphatic heterocycles. The zero-order chi connectivity index (χ0) is 15.3. The minimum Gasteiger partial charge on any atom is -0.394 e. The van der Waals surface area contributed by atoms with Crippen molar-refractivity contribution in [2.24, 2.45) is 0 Å². The van der Waals surface area contributed by atoms with Crippen LogP contribution in [0.5, 0.6) is 0 Å². The molecular formula is C18H29NOS. The van der Waals surface area contributed by atoms with E-state index in [0.717, 1.165) is 25.0 Å². The second-order valence-corrected chi connectivity index (χ2v) is 7.57. The van der Waals surface area contributed by atoms with Crippen LogP contribution < -0.4 is 5.32 Å². The molecule has 0 heterocycles. The molecule has 0 saturated heterocycles. The van der Waals surface area contributed by atoms with Crippen LogP contribution in [0, 0.1) is 13.8 Å². The molecular weight excluding hydrogens is 278 g/mol. The average molecular weight is 308 g/mol. The van der Waals surface area contributed by atoms with E-state index in [1.807, 2.05) is 11.8 Å². The Bertz CT molecular complexity index is 453. The maximum Gasteiger partial charge on any atom is 0.0613 e. The molecule has 0 spiro atoms. The van der Waals surface area contributed by atoms with Gasteiger partial charge in [-0.1, -0.05) is 24.6 Å². The molecule has 1 aromatic rings. The Hall–Kier alpha value is -0.510. The third kappa shape index (κ3) is 5.01. The minimum atomic E-state index is -0.0515. The highest BCUT2D eigenvalue weighted by atomic mass is 32.2. The van der Waals surface area contributed by atoms with Gasteiger partial charge in [-0.25, -0.2) is 0 Å². The summed E-state index contributed by atoms with van der Waals surface area (Å²) in [5.41, 5.74) is 2.65. The van der Waals surface area contributed by atoms with E-state index in [4.69, 9.17) is 0 Å². The SMILES string of the molecule is CCC(CO)(CCCSc1ccc(C)cc1C)NC1CC1. The van der Waals surface area contributed by atoms with Gasteiger partial charge in [0.2, 0.25) is 0 Å². The molecule has 1 aliphatic carbocycles. The molecule has 2 N–H and O–H groups in total. The third-order valence-electron chi connectivity index (χ3n) is 4.45. The van der Waals surface area contributed by atoms with Crippen LogP contribution in [0.4, 0.5) is 0 Å². The van der Waals surface area contributed by atoms with Gasteiger partial charge < -0.3 is 10.4 Å². The van der Waals surface area contributed by atoms with Crippen molar-refractivity contribution >= 4 is 11.8 Å². The lowest BCUT2D eigenvalue weighted by Gasteiger charge is -2.32. The van der Waals surface area contributed by atoms with E-state index in [0.29, 0.717) is 6.04 Å². The molecule has 1 atom stereocenters. The molecule has 21 heavy (non-hydrogen) atoms. The number of hydrogen-bond donors (Lipinski definition) is 2. The summed E-state index contributed by atoms with van der Waals surface area (Å²) in [4.78, 5) is 1.39. The fraction of sp³-hybridized carbons (Fsp3) is 0.667. The molecule has 1 fully saturated rings. The number of thioether (sulfide) groups is 1. The Labute approximate surface area is 133 Å². The summed E-state index contributed by atoms with van der Waals surface area (Å²) in [6, 6.07) is 7.33. The summed E-state index contributed by atoms with van der Waals surface area (Å²) in [5, 5.41) is 13.4. The molecule has 1 aromatic carbocycles. The van der Waals surface area contributed by atoms with Gasteiger partial charge in [-0.3, -0.25) is 0 Å². The molecule has 0 amide bonds. The molecule has 1 saturated carbocycles. The highest BCUT2D eigenvalue weighted by molar-refractivity contribution is 7.99. The molecule has 1 aliphatic rings. The average Bonchev–Trinajstić information content (AvgIpc) is 3.28. The van der Waals surface area contributed by atoms with Gasteiger partial charge in [0.1, 0.15) is 0 Å². The van der Waals surface area contributed by atoms with Crippen molar-refractivity contribution in [3.8, 4) is 0 Å². The van der Waals surface area contributed by atoms with Crippen molar-refractivity contribution in [1.82, 2.24) is 5.32 Å². The molecule has 2 rings (SSSR count). The fourth-order valence-corrected chi connectivity index (χ4v) is 3.76. The number of hydrogen-bond acceptors (Lipinski definition) is 3. The highest BCUT2D eigenvalue weighted by Crippen LogP contribution is 2.29. The first-order valence-electron chi connectivity index (χ1n) is 8.17. The Kier molecular flexibility index (Phi) is 6.15. The van der Waals surface area contributed by atoms with Gasteiger partial charge in [0.25, 0.3) is 0 Å². The van der Waals surface area contributed by atoms with E-state index in [1.165, 1.54) is 28.9 Å². The lowest BCUT2D eigenvalue weighted by atomic mass is 9.91. The Morgan fingerprint density at radius 2 is 2.10 bits per heavy atom. The van der Waals surface area contributed by atoms with Crippen LogP contribution >= 0.6 is 11.8 Å². The van der Waals surface area contributed by atoms with Gasteiger partial charge in [-0.15, -0.1) is 11.8 Å². The van der Waals surface area contributed by atoms with E-state index in [-0.39, 0.29) is 12.1 Å². The predicted octanol–water partition coefficient (Wildman–Crippen LogP) is 4.07. The lowest BCUT2D eigenvalue weighted by Crippen LogP contribution is -2.49. The highest BCUT2D eigenvalue weighted by Gasteiger charge is 2.33. The number of nitrogens with one attached hydrogen (secondary N) is 1. The van der Waals surface area contributed by atoms with Crippen molar-refractivity contribution in [2.75, 3.05) is 12.4 Å². The number of rotatable bonds is 9. The summed E-state index contributed by atoms with van der Waals surface area (Å²) in [5.74, 6) is 1.12. The summed E-state index contributed by atoms with van der Waals surface area (Å²) in [7, 11) is 0. The van der Waals surface area contributed by atoms with Crippen molar-refractivity contribution in [3.63, 3.8) is 0 Å². The summed E-state index contributed by atoms with van der Waals surface area (Å²) < 4.78 is 0. The van der Waals surface area contributed by atoms with Gasteiger partial charge in [0.15, 0.2) is 0 Å². The van der Waals surface area contributed by atoms with Gasteiger partial charge in [0, 0.05) is 16.5 Å². The van der Waals surface area contributed by atoms with E-state index >= 15 is 0 Å². The van der Waals surface area contributed by atoms with Crippen molar-refractivity contribution in [3.05, 3.63) is 29.3 Å². The van der Waals surface area contributed by atoms with Crippen LogP contribution in [0.3, 0.4) is 0 Å². The number of aryl methyl sites for hydroxylation is 2. The van der Waals surface area contributed by atoms with Gasteiger partial charge in [0.05, 0.1) is 6.61 Å². The van der Waals surface area contributed by atoms with Crippen molar-refractivity contribution < 1.29 is 5.11 Å². The molecule has 0 radical (unpaired) electrons. The number of aliphatic hydroxyl groups is 1. The summed E-state index contributed by atoms with van der Waals surface area (Å²) in [6.45, 7) is 6.77. The lowest BCUT2D eigenvalue weighted by molar-refractivity contribution is 0.144. The zero-order valence-electron chi connectivity index (χ0n) is 13.6. The minimum absolute atomic E-state index is 0.0515. The van der Waals surface area contributed by atoms with Crippen LogP contribution in [-0.2, 0) is 0 Å². The van der Waals surface area contributed by atoms with E-state index in [2.05, 4.69) is 44.3 Å². The zero-order valence-corrected chi connectivity index (χ0v) is 14.4. The van der Waals surface area contributed by atoms with Crippen LogP contribution in [0.1, 0.15) is 50.2 Å². The Balaban J connectivity index is 1.79. The molecule has 0 aromatic heterocycles. The first-order chi connectivity index (χ1) is 10.1. The van der Waals surface area contributed by atoms with E-state index in [9.17, 15) is 5.11 Å². The van der Waals surface area contributed by atoms with Crippen LogP contribution in [0.25, 0.3) is 0 Å². The van der Waals surface area contributed by atoms with Gasteiger partial charge in [-0.2, -0.15) is 0 Å². The molecule has 118 valence electrons. The fourth-order valence-electron chi connectivity index (χ4n) is 2.80. The topological polar surface area (TPSA) is 32.3 Å². The quantitative estimate of drug-likeness (QED) is 0.533. The largest absolute Gasteiger partial charge is 0.394 e. The standard InChI is InChI=1S/C18H29NOS/c1-4-18(13-20,19-16-7-8-16)10-5-11-21-17-9-6-14(2)12-15(17)3/h6,9,12,16,19-20H,4-5,7-8,10-11,13H2,1-3H3. The third-order valence-corrected chi connectivity index (χ3v) is 5.72. The Morgan fingerprint density at radius 1 is 1.33 bits per heavy atom. The Morgan fingerprint density at radius 3 is 2.67 bits per heavy atom. The first-order valence-corrected chi connectivity index (χ1v) is 9.16. The van der Waals surface area contributed by atoms with Crippen molar-refractivity contribution in [1.29, 1.82) is 0 Å². The number of benzene rings is 1. The van der Waals surface area contributed by atoms with E-state index < -0.39 is 0 Å². The van der Waals surface area contributed by atoms with Crippen LogP contribution in [0.15, 0.2) is 23.1 Å². The van der Waals surface area contributed by atoms with Crippen LogP contribution in [-0.4, -0.2) is 29.0 Å². The van der Waals surface area contributed by atoms with Crippen LogP contribution in [0.2, 0.25) is 0 Å². The normalized spacial score (nSPS) is 17.7. The maximum atomic E-state index is 9.77. The molecule has 1 unspecified atom stereocenters. The summed E-state index contributed by atoms with van der Waals surface area (Å²) >= 11 is 1.94. The first kappa shape index (κ1) is 16.9. The van der Waals surface area contributed by atoms with Crippen molar-refractivity contribution in [2.45, 2.75) is 69.4 Å². The summed E-state index contributed by atoms with van der Waals surface area (Å²) in [6.07, 6.45) is 5.77. The number of aliphatic hydroxyl groups excluding tert-OH is 1. The second kappa shape index (κ2) is 7.66. The van der Waals surface area contributed by atoms with Gasteiger partial charge in [-0.05, 0) is 63.3 Å². The molecule has 2 nitrogen and oxygen atoms in total.